The third-order valence-electron chi connectivity index (χ3n) is 2.91. The summed E-state index contributed by atoms with van der Waals surface area (Å²) in [6, 6.07) is 6.88. The van der Waals surface area contributed by atoms with E-state index in [1.54, 1.807) is 31.2 Å². The van der Waals surface area contributed by atoms with Gasteiger partial charge in [-0.05, 0) is 24.0 Å². The zero-order chi connectivity index (χ0) is 16.7. The summed E-state index contributed by atoms with van der Waals surface area (Å²) >= 11 is 0. The van der Waals surface area contributed by atoms with E-state index < -0.39 is 19.6 Å². The number of carbonyl (C=O) groups is 1. The lowest BCUT2D eigenvalue weighted by Gasteiger charge is -2.09. The standard InChI is InChI=1S/C17H26O4P/c1-12(2)10-20-14(5)22(19)16-9-7-6-8-15(16)17(18)21-11-13(3)4/h6-9,12-14H,10-11H2,1-5H3/q+1. The first kappa shape index (κ1) is 18.8. The highest BCUT2D eigenvalue weighted by Gasteiger charge is 2.34. The van der Waals surface area contributed by atoms with Gasteiger partial charge in [0.2, 0.25) is 5.30 Å². The Balaban J connectivity index is 2.86. The van der Waals surface area contributed by atoms with Crippen LogP contribution in [0, 0.1) is 11.8 Å². The molecule has 0 heterocycles. The first-order valence-electron chi connectivity index (χ1n) is 7.67. The number of rotatable bonds is 8. The molecule has 0 saturated heterocycles. The molecule has 0 fully saturated rings. The van der Waals surface area contributed by atoms with Crippen LogP contribution >= 0.6 is 7.80 Å². The van der Waals surface area contributed by atoms with Crippen LogP contribution in [0.1, 0.15) is 45.0 Å². The van der Waals surface area contributed by atoms with Crippen LogP contribution in [-0.2, 0) is 14.0 Å². The van der Waals surface area contributed by atoms with Crippen molar-refractivity contribution in [3.8, 4) is 0 Å². The van der Waals surface area contributed by atoms with E-state index in [0.717, 1.165) is 0 Å². The molecule has 0 radical (unpaired) electrons. The molecule has 2 atom stereocenters. The van der Waals surface area contributed by atoms with Crippen molar-refractivity contribution in [1.29, 1.82) is 0 Å². The van der Waals surface area contributed by atoms with Crippen molar-refractivity contribution in [2.45, 2.75) is 40.5 Å². The van der Waals surface area contributed by atoms with Crippen LogP contribution in [0.2, 0.25) is 0 Å². The van der Waals surface area contributed by atoms with Crippen molar-refractivity contribution in [3.05, 3.63) is 29.8 Å². The van der Waals surface area contributed by atoms with Crippen molar-refractivity contribution in [1.82, 2.24) is 0 Å². The van der Waals surface area contributed by atoms with Crippen molar-refractivity contribution >= 4 is 19.1 Å². The summed E-state index contributed by atoms with van der Waals surface area (Å²) in [5, 5.41) is 0.502. The summed E-state index contributed by atoms with van der Waals surface area (Å²) in [6.07, 6.45) is 0. The minimum atomic E-state index is -1.82. The fraction of sp³-hybridized carbons (Fsp3) is 0.588. The van der Waals surface area contributed by atoms with E-state index in [0.29, 0.717) is 30.0 Å². The van der Waals surface area contributed by atoms with Gasteiger partial charge in [-0.1, -0.05) is 44.4 Å². The molecule has 1 aromatic carbocycles. The molecule has 0 spiro atoms. The first-order valence-corrected chi connectivity index (χ1v) is 9.00. The number of benzene rings is 1. The minimum absolute atomic E-state index is 0.262. The molecule has 0 aliphatic rings. The lowest BCUT2D eigenvalue weighted by atomic mass is 10.2. The number of ether oxygens (including phenoxy) is 2. The molecule has 0 aromatic heterocycles. The van der Waals surface area contributed by atoms with Crippen LogP contribution in [0.4, 0.5) is 0 Å². The van der Waals surface area contributed by atoms with Gasteiger partial charge in [0.05, 0.1) is 13.2 Å². The van der Waals surface area contributed by atoms with Gasteiger partial charge in [-0.15, -0.1) is 0 Å². The number of carbonyl (C=O) groups excluding carboxylic acids is 1. The SMILES string of the molecule is CC(C)COC(=O)c1ccccc1[P+](=O)C(C)OCC(C)C. The predicted octanol–water partition coefficient (Wildman–Crippen LogP) is 3.97. The highest BCUT2D eigenvalue weighted by molar-refractivity contribution is 7.54. The van der Waals surface area contributed by atoms with Gasteiger partial charge in [-0.25, -0.2) is 4.79 Å². The molecule has 0 aliphatic heterocycles. The van der Waals surface area contributed by atoms with E-state index in [-0.39, 0.29) is 5.92 Å². The summed E-state index contributed by atoms with van der Waals surface area (Å²) in [6.45, 7) is 10.7. The van der Waals surface area contributed by atoms with Gasteiger partial charge < -0.3 is 9.47 Å². The van der Waals surface area contributed by atoms with Crippen molar-refractivity contribution in [3.63, 3.8) is 0 Å². The van der Waals surface area contributed by atoms with Crippen LogP contribution in [-0.4, -0.2) is 25.0 Å². The molecule has 4 nitrogen and oxygen atoms in total. The summed E-state index contributed by atoms with van der Waals surface area (Å²) in [5.74, 6) is -0.226. The Morgan fingerprint density at radius 1 is 1.05 bits per heavy atom. The lowest BCUT2D eigenvalue weighted by molar-refractivity contribution is 0.0460. The van der Waals surface area contributed by atoms with Crippen LogP contribution in [0.3, 0.4) is 0 Å². The topological polar surface area (TPSA) is 52.6 Å². The van der Waals surface area contributed by atoms with Gasteiger partial charge in [0.25, 0.3) is 5.85 Å². The van der Waals surface area contributed by atoms with Crippen LogP contribution in [0.25, 0.3) is 0 Å². The van der Waals surface area contributed by atoms with E-state index in [1.165, 1.54) is 0 Å². The summed E-state index contributed by atoms with van der Waals surface area (Å²) in [4.78, 5) is 12.2. The van der Waals surface area contributed by atoms with Crippen molar-refractivity contribution in [2.75, 3.05) is 13.2 Å². The van der Waals surface area contributed by atoms with Crippen molar-refractivity contribution in [2.24, 2.45) is 11.8 Å². The molecule has 0 N–H and O–H groups in total. The quantitative estimate of drug-likeness (QED) is 0.536. The Morgan fingerprint density at radius 2 is 1.64 bits per heavy atom. The second kappa shape index (κ2) is 9.02. The molecular formula is C17H26O4P+. The molecule has 5 heteroatoms. The molecule has 2 unspecified atom stereocenters. The predicted molar refractivity (Wildman–Crippen MR) is 89.1 cm³/mol. The fourth-order valence-corrected chi connectivity index (χ4v) is 3.00. The van der Waals surface area contributed by atoms with E-state index in [4.69, 9.17) is 9.47 Å². The molecule has 122 valence electrons. The molecule has 0 amide bonds. The third-order valence-corrected chi connectivity index (χ3v) is 4.58. The second-order valence-corrected chi connectivity index (χ2v) is 8.02. The van der Waals surface area contributed by atoms with Crippen LogP contribution in [0.5, 0.6) is 0 Å². The van der Waals surface area contributed by atoms with E-state index in [1.807, 2.05) is 27.7 Å². The lowest BCUT2D eigenvalue weighted by Crippen LogP contribution is -2.20. The van der Waals surface area contributed by atoms with Crippen LogP contribution < -0.4 is 5.30 Å². The van der Waals surface area contributed by atoms with E-state index >= 15 is 0 Å². The Labute approximate surface area is 134 Å². The molecule has 0 bridgehead atoms. The Kier molecular flexibility index (Phi) is 7.70. The molecule has 0 saturated carbocycles. The van der Waals surface area contributed by atoms with E-state index in [9.17, 15) is 9.36 Å². The maximum Gasteiger partial charge on any atom is 0.409 e. The van der Waals surface area contributed by atoms with Gasteiger partial charge >= 0.3 is 13.8 Å². The zero-order valence-electron chi connectivity index (χ0n) is 14.0. The number of hydrogen-bond donors (Lipinski definition) is 0. The Hall–Kier alpha value is -1.25. The smallest absolute Gasteiger partial charge is 0.409 e. The first-order chi connectivity index (χ1) is 10.3. The van der Waals surface area contributed by atoms with Crippen molar-refractivity contribution < 1.29 is 18.8 Å². The van der Waals surface area contributed by atoms with Gasteiger partial charge in [0, 0.05) is 6.92 Å². The molecule has 1 aromatic rings. The molecule has 1 rings (SSSR count). The summed E-state index contributed by atoms with van der Waals surface area (Å²) in [5.41, 5.74) is 0.365. The summed E-state index contributed by atoms with van der Waals surface area (Å²) < 4.78 is 23.5. The monoisotopic (exact) mass is 325 g/mol. The second-order valence-electron chi connectivity index (χ2n) is 6.16. The molecule has 0 aliphatic carbocycles. The van der Waals surface area contributed by atoms with Gasteiger partial charge in [0.1, 0.15) is 5.56 Å². The number of hydrogen-bond acceptors (Lipinski definition) is 4. The average Bonchev–Trinajstić information content (AvgIpc) is 2.49. The third kappa shape index (κ3) is 5.86. The van der Waals surface area contributed by atoms with Crippen LogP contribution in [0.15, 0.2) is 24.3 Å². The highest BCUT2D eigenvalue weighted by atomic mass is 31.1. The minimum Gasteiger partial charge on any atom is -0.462 e. The van der Waals surface area contributed by atoms with Gasteiger partial charge in [0.15, 0.2) is 0 Å². The Morgan fingerprint density at radius 3 is 2.23 bits per heavy atom. The highest BCUT2D eigenvalue weighted by Crippen LogP contribution is 2.30. The largest absolute Gasteiger partial charge is 0.462 e. The summed E-state index contributed by atoms with van der Waals surface area (Å²) in [7, 11) is -1.82. The zero-order valence-corrected chi connectivity index (χ0v) is 14.9. The molecular weight excluding hydrogens is 299 g/mol. The maximum atomic E-state index is 12.6. The fourth-order valence-electron chi connectivity index (χ4n) is 1.75. The Bertz CT molecular complexity index is 511. The van der Waals surface area contributed by atoms with Gasteiger partial charge in [-0.3, -0.25) is 0 Å². The van der Waals surface area contributed by atoms with Gasteiger partial charge in [-0.2, -0.15) is 0 Å². The molecule has 22 heavy (non-hydrogen) atoms. The number of esters is 1. The average molecular weight is 325 g/mol. The van der Waals surface area contributed by atoms with E-state index in [2.05, 4.69) is 0 Å². The normalized spacial score (nSPS) is 13.3. The maximum absolute atomic E-state index is 12.6.